The van der Waals surface area contributed by atoms with E-state index in [4.69, 9.17) is 28.4 Å². The van der Waals surface area contributed by atoms with Crippen LogP contribution in [0.25, 0.3) is 0 Å². The zero-order valence-electron chi connectivity index (χ0n) is 31.4. The van der Waals surface area contributed by atoms with Gasteiger partial charge in [-0.3, -0.25) is 28.8 Å². The van der Waals surface area contributed by atoms with Crippen LogP contribution < -0.4 is 0 Å². The van der Waals surface area contributed by atoms with Gasteiger partial charge < -0.3 is 48.0 Å². The highest BCUT2D eigenvalue weighted by molar-refractivity contribution is 5.88. The van der Waals surface area contributed by atoms with Crippen molar-refractivity contribution in [2.75, 3.05) is 80.0 Å². The zero-order chi connectivity index (χ0) is 37.7. The van der Waals surface area contributed by atoms with Gasteiger partial charge >= 0.3 is 23.9 Å². The summed E-state index contributed by atoms with van der Waals surface area (Å²) >= 11 is 0. The molecule has 0 saturated carbocycles. The minimum Gasteiger partial charge on any atom is -0.428 e. The summed E-state index contributed by atoms with van der Waals surface area (Å²) in [5, 5.41) is 0. The number of piperazine rings is 2. The largest absolute Gasteiger partial charge is 0.428 e. The average molecular weight is 737 g/mol. The maximum absolute atomic E-state index is 13.1. The first-order valence-electron chi connectivity index (χ1n) is 18.6. The molecule has 6 aliphatic rings. The SMILES string of the molecule is CCC(=O)OCOC(=O)C1C2CCC(O2)C1C(=O)N1CCN(C)CC1.CN1CCN(C(=O)C2C3CCC(O3)C2C(=O)OCOC(=O)C(C)(C)C)CC1. The Morgan fingerprint density at radius 1 is 0.558 bits per heavy atom. The third kappa shape index (κ3) is 9.23. The summed E-state index contributed by atoms with van der Waals surface area (Å²) in [6, 6.07) is 0. The van der Waals surface area contributed by atoms with Gasteiger partial charge in [0, 0.05) is 58.8 Å². The van der Waals surface area contributed by atoms with Gasteiger partial charge in [0.15, 0.2) is 0 Å². The van der Waals surface area contributed by atoms with E-state index in [2.05, 4.69) is 9.80 Å². The lowest BCUT2D eigenvalue weighted by Crippen LogP contribution is -2.52. The van der Waals surface area contributed by atoms with Crippen LogP contribution in [0.3, 0.4) is 0 Å². The molecule has 8 unspecified atom stereocenters. The zero-order valence-corrected chi connectivity index (χ0v) is 31.4. The maximum atomic E-state index is 13.1. The minimum atomic E-state index is -0.665. The number of ether oxygens (including phenoxy) is 6. The molecule has 0 spiro atoms. The average Bonchev–Trinajstić information content (AvgIpc) is 3.93. The molecule has 2 amide bonds. The number of likely N-dealkylation sites (N-methyl/N-ethyl adjacent to an activating group) is 2. The highest BCUT2D eigenvalue weighted by atomic mass is 16.7. The second kappa shape index (κ2) is 17.2. The molecule has 292 valence electrons. The van der Waals surface area contributed by atoms with Crippen molar-refractivity contribution in [3.8, 4) is 0 Å². The van der Waals surface area contributed by atoms with Gasteiger partial charge in [-0.1, -0.05) is 6.92 Å². The van der Waals surface area contributed by atoms with Gasteiger partial charge in [-0.15, -0.1) is 0 Å². The van der Waals surface area contributed by atoms with Gasteiger partial charge in [0.05, 0.1) is 53.5 Å². The molecule has 16 nitrogen and oxygen atoms in total. The first-order chi connectivity index (χ1) is 24.7. The Labute approximate surface area is 305 Å². The van der Waals surface area contributed by atoms with Crippen molar-refractivity contribution in [1.29, 1.82) is 0 Å². The second-order valence-corrected chi connectivity index (χ2v) is 15.7. The summed E-state index contributed by atoms with van der Waals surface area (Å²) in [4.78, 5) is 82.1. The first kappa shape index (κ1) is 39.9. The number of rotatable bonds is 9. The fraction of sp³-hybridized carbons (Fsp3) is 0.833. The van der Waals surface area contributed by atoms with Crippen molar-refractivity contribution in [2.24, 2.45) is 29.1 Å². The van der Waals surface area contributed by atoms with Crippen molar-refractivity contribution in [2.45, 2.75) is 84.2 Å². The summed E-state index contributed by atoms with van der Waals surface area (Å²) in [7, 11) is 4.06. The maximum Gasteiger partial charge on any atom is 0.315 e. The van der Waals surface area contributed by atoms with Crippen LogP contribution in [0.2, 0.25) is 0 Å². The molecule has 6 saturated heterocycles. The Hall–Kier alpha value is -3.34. The van der Waals surface area contributed by atoms with Crippen molar-refractivity contribution in [3.05, 3.63) is 0 Å². The van der Waals surface area contributed by atoms with Crippen LogP contribution in [0.15, 0.2) is 0 Å². The molecule has 16 heteroatoms. The van der Waals surface area contributed by atoms with Crippen molar-refractivity contribution in [3.63, 3.8) is 0 Å². The van der Waals surface area contributed by atoms with Crippen LogP contribution in [0.4, 0.5) is 0 Å². The second-order valence-electron chi connectivity index (χ2n) is 15.7. The number of hydrogen-bond acceptors (Lipinski definition) is 14. The fourth-order valence-electron chi connectivity index (χ4n) is 7.86. The molecule has 0 radical (unpaired) electrons. The van der Waals surface area contributed by atoms with Crippen LogP contribution >= 0.6 is 0 Å². The van der Waals surface area contributed by atoms with E-state index in [1.807, 2.05) is 23.9 Å². The van der Waals surface area contributed by atoms with Gasteiger partial charge in [0.2, 0.25) is 25.4 Å². The van der Waals surface area contributed by atoms with E-state index >= 15 is 0 Å². The predicted octanol–water partition coefficient (Wildman–Crippen LogP) is 0.652. The summed E-state index contributed by atoms with van der Waals surface area (Å²) in [6.45, 7) is 12.0. The minimum absolute atomic E-state index is 0.0206. The third-order valence-corrected chi connectivity index (χ3v) is 11.0. The highest BCUT2D eigenvalue weighted by Gasteiger charge is 2.58. The lowest BCUT2D eigenvalue weighted by molar-refractivity contribution is -0.178. The van der Waals surface area contributed by atoms with Crippen LogP contribution in [0.5, 0.6) is 0 Å². The molecular formula is C36H56N4O12. The van der Waals surface area contributed by atoms with Gasteiger partial charge in [0.1, 0.15) is 0 Å². The number of nitrogens with zero attached hydrogens (tertiary/aromatic N) is 4. The Bertz CT molecular complexity index is 1320. The highest BCUT2D eigenvalue weighted by Crippen LogP contribution is 2.46. The normalized spacial score (nSPS) is 31.4. The Kier molecular flexibility index (Phi) is 13.2. The first-order valence-corrected chi connectivity index (χ1v) is 18.6. The summed E-state index contributed by atoms with van der Waals surface area (Å²) < 4.78 is 31.8. The monoisotopic (exact) mass is 736 g/mol. The van der Waals surface area contributed by atoms with Crippen LogP contribution in [-0.4, -0.2) is 160 Å². The topological polar surface area (TPSA) is 171 Å². The molecule has 0 aliphatic carbocycles. The molecule has 0 aromatic carbocycles. The molecule has 6 heterocycles. The smallest absolute Gasteiger partial charge is 0.315 e. The van der Waals surface area contributed by atoms with Crippen molar-refractivity contribution in [1.82, 2.24) is 19.6 Å². The Morgan fingerprint density at radius 3 is 1.29 bits per heavy atom. The number of amides is 2. The predicted molar refractivity (Wildman–Crippen MR) is 182 cm³/mol. The van der Waals surface area contributed by atoms with E-state index in [1.54, 1.807) is 27.7 Å². The van der Waals surface area contributed by atoms with E-state index in [1.165, 1.54) is 0 Å². The molecular weight excluding hydrogens is 680 g/mol. The van der Waals surface area contributed by atoms with Crippen LogP contribution in [-0.2, 0) is 57.2 Å². The Balaban J connectivity index is 0.000000202. The number of esters is 4. The summed E-state index contributed by atoms with van der Waals surface area (Å²) in [6.07, 6.45) is 2.30. The third-order valence-electron chi connectivity index (χ3n) is 11.0. The van der Waals surface area contributed by atoms with Gasteiger partial charge in [0.25, 0.3) is 0 Å². The number of carbonyl (C=O) groups excluding carboxylic acids is 6. The molecule has 0 N–H and O–H groups in total. The summed E-state index contributed by atoms with van der Waals surface area (Å²) in [5.41, 5.74) is -0.665. The number of carbonyl (C=O) groups is 6. The van der Waals surface area contributed by atoms with Crippen molar-refractivity contribution < 1.29 is 57.2 Å². The molecule has 0 aromatic heterocycles. The molecule has 6 fully saturated rings. The van der Waals surface area contributed by atoms with Crippen LogP contribution in [0.1, 0.15) is 59.8 Å². The number of hydrogen-bond donors (Lipinski definition) is 0. The molecule has 4 bridgehead atoms. The van der Waals surface area contributed by atoms with E-state index in [-0.39, 0.29) is 42.7 Å². The summed E-state index contributed by atoms with van der Waals surface area (Å²) in [5.74, 6) is -4.16. The van der Waals surface area contributed by atoms with E-state index < -0.39 is 66.5 Å². The molecule has 6 aliphatic heterocycles. The van der Waals surface area contributed by atoms with E-state index in [0.717, 1.165) is 51.9 Å². The van der Waals surface area contributed by atoms with Crippen LogP contribution in [0, 0.1) is 29.1 Å². The lowest BCUT2D eigenvalue weighted by atomic mass is 9.78. The quantitative estimate of drug-likeness (QED) is 0.239. The molecule has 52 heavy (non-hydrogen) atoms. The number of fused-ring (bicyclic) bond motifs is 4. The molecule has 8 atom stereocenters. The van der Waals surface area contributed by atoms with E-state index in [0.29, 0.717) is 26.2 Å². The van der Waals surface area contributed by atoms with Crippen molar-refractivity contribution >= 4 is 35.7 Å². The Morgan fingerprint density at radius 2 is 0.923 bits per heavy atom. The van der Waals surface area contributed by atoms with E-state index in [9.17, 15) is 28.8 Å². The molecule has 6 rings (SSSR count). The lowest BCUT2D eigenvalue weighted by Gasteiger charge is -2.36. The van der Waals surface area contributed by atoms with Gasteiger partial charge in [-0.2, -0.15) is 0 Å². The molecule has 0 aromatic rings. The van der Waals surface area contributed by atoms with Gasteiger partial charge in [-0.25, -0.2) is 0 Å². The van der Waals surface area contributed by atoms with Gasteiger partial charge in [-0.05, 0) is 60.5 Å². The fourth-order valence-corrected chi connectivity index (χ4v) is 7.86. The standard InChI is InChI=1S/C19H30N2O6.C17H26N2O6/c1-19(2,3)18(24)26-11-25-17(23)15-13-6-5-12(27-13)14(15)16(22)21-9-7-20(4)8-10-21;1-3-13(20)23-10-24-17(22)15-12-5-4-11(25-12)14(15)16(21)19-8-6-18(2)7-9-19/h12-15H,5-11H2,1-4H3;11-12,14-15H,3-10H2,1-2H3.